The third-order valence-corrected chi connectivity index (χ3v) is 3.93. The van der Waals surface area contributed by atoms with Crippen LogP contribution >= 0.6 is 0 Å². The summed E-state index contributed by atoms with van der Waals surface area (Å²) < 4.78 is 5.10. The standard InChI is InChI=1S/C21H16N6O/c1-14-11-20(27-28-14)24-19-12-18(23-17-9-7-15(13-22)8-10-17)25-21(26-19)16-5-3-2-4-6-16/h2-12H,1H3,(H2,23,24,25,26,27). The third-order valence-electron chi connectivity index (χ3n) is 3.93. The first-order chi connectivity index (χ1) is 13.7. The molecule has 0 radical (unpaired) electrons. The van der Waals surface area contributed by atoms with Crippen LogP contribution in [0.5, 0.6) is 0 Å². The van der Waals surface area contributed by atoms with Gasteiger partial charge >= 0.3 is 0 Å². The molecule has 7 heteroatoms. The molecular weight excluding hydrogens is 352 g/mol. The van der Waals surface area contributed by atoms with Gasteiger partial charge in [0.15, 0.2) is 11.6 Å². The summed E-state index contributed by atoms with van der Waals surface area (Å²) in [6.07, 6.45) is 0. The Balaban J connectivity index is 1.69. The molecule has 0 saturated carbocycles. The summed E-state index contributed by atoms with van der Waals surface area (Å²) in [6, 6.07) is 22.6. The van der Waals surface area contributed by atoms with E-state index in [0.29, 0.717) is 34.6 Å². The molecule has 2 aromatic carbocycles. The summed E-state index contributed by atoms with van der Waals surface area (Å²) in [5.74, 6) is 3.04. The van der Waals surface area contributed by atoms with E-state index in [2.05, 4.69) is 31.8 Å². The molecule has 2 heterocycles. The highest BCUT2D eigenvalue weighted by atomic mass is 16.5. The van der Waals surface area contributed by atoms with Crippen molar-refractivity contribution in [3.8, 4) is 17.5 Å². The van der Waals surface area contributed by atoms with Crippen molar-refractivity contribution in [3.05, 3.63) is 78.1 Å². The third kappa shape index (κ3) is 3.97. The molecule has 0 spiro atoms. The van der Waals surface area contributed by atoms with Gasteiger partial charge in [-0.05, 0) is 31.2 Å². The Morgan fingerprint density at radius 1 is 0.857 bits per heavy atom. The lowest BCUT2D eigenvalue weighted by Gasteiger charge is -2.11. The minimum atomic E-state index is 0.569. The maximum Gasteiger partial charge on any atom is 0.175 e. The van der Waals surface area contributed by atoms with Crippen LogP contribution in [-0.2, 0) is 0 Å². The molecule has 2 aromatic heterocycles. The lowest BCUT2D eigenvalue weighted by molar-refractivity contribution is 0.400. The molecule has 28 heavy (non-hydrogen) atoms. The number of rotatable bonds is 5. The normalized spacial score (nSPS) is 10.3. The molecule has 7 nitrogen and oxygen atoms in total. The number of benzene rings is 2. The van der Waals surface area contributed by atoms with E-state index >= 15 is 0 Å². The minimum Gasteiger partial charge on any atom is -0.360 e. The summed E-state index contributed by atoms with van der Waals surface area (Å²) >= 11 is 0. The topological polar surface area (TPSA) is 99.7 Å². The Kier molecular flexibility index (Phi) is 4.68. The van der Waals surface area contributed by atoms with Crippen molar-refractivity contribution in [1.82, 2.24) is 15.1 Å². The van der Waals surface area contributed by atoms with Gasteiger partial charge in [-0.2, -0.15) is 5.26 Å². The zero-order valence-electron chi connectivity index (χ0n) is 15.0. The Morgan fingerprint density at radius 2 is 1.57 bits per heavy atom. The van der Waals surface area contributed by atoms with Crippen molar-refractivity contribution in [2.24, 2.45) is 0 Å². The smallest absolute Gasteiger partial charge is 0.175 e. The molecule has 0 amide bonds. The van der Waals surface area contributed by atoms with E-state index in [1.807, 2.05) is 49.4 Å². The fourth-order valence-electron chi connectivity index (χ4n) is 2.62. The van der Waals surface area contributed by atoms with Crippen molar-refractivity contribution < 1.29 is 4.52 Å². The van der Waals surface area contributed by atoms with Gasteiger partial charge in [0.05, 0.1) is 11.6 Å². The van der Waals surface area contributed by atoms with Gasteiger partial charge in [0.1, 0.15) is 17.4 Å². The van der Waals surface area contributed by atoms with Crippen LogP contribution in [0.25, 0.3) is 11.4 Å². The van der Waals surface area contributed by atoms with Crippen LogP contribution in [0, 0.1) is 18.3 Å². The maximum atomic E-state index is 8.95. The Morgan fingerprint density at radius 3 is 2.21 bits per heavy atom. The van der Waals surface area contributed by atoms with Crippen molar-refractivity contribution in [1.29, 1.82) is 5.26 Å². The van der Waals surface area contributed by atoms with E-state index < -0.39 is 0 Å². The number of hydrogen-bond acceptors (Lipinski definition) is 7. The zero-order chi connectivity index (χ0) is 19.3. The highest BCUT2D eigenvalue weighted by molar-refractivity contribution is 5.67. The first-order valence-electron chi connectivity index (χ1n) is 8.62. The second-order valence-electron chi connectivity index (χ2n) is 6.09. The van der Waals surface area contributed by atoms with E-state index in [1.54, 1.807) is 24.3 Å². The summed E-state index contributed by atoms with van der Waals surface area (Å²) in [6.45, 7) is 1.82. The quantitative estimate of drug-likeness (QED) is 0.522. The Bertz CT molecular complexity index is 1130. The highest BCUT2D eigenvalue weighted by Crippen LogP contribution is 2.24. The second kappa shape index (κ2) is 7.60. The van der Waals surface area contributed by atoms with Gasteiger partial charge in [-0.3, -0.25) is 0 Å². The predicted molar refractivity (Wildman–Crippen MR) is 106 cm³/mol. The van der Waals surface area contributed by atoms with Crippen LogP contribution in [-0.4, -0.2) is 15.1 Å². The van der Waals surface area contributed by atoms with Crippen LogP contribution in [0.3, 0.4) is 0 Å². The van der Waals surface area contributed by atoms with E-state index in [0.717, 1.165) is 11.3 Å². The molecule has 0 aliphatic carbocycles. The van der Waals surface area contributed by atoms with Gasteiger partial charge < -0.3 is 15.2 Å². The van der Waals surface area contributed by atoms with Crippen molar-refractivity contribution in [2.75, 3.05) is 10.6 Å². The van der Waals surface area contributed by atoms with Crippen LogP contribution in [0.4, 0.5) is 23.1 Å². The average Bonchev–Trinajstić information content (AvgIpc) is 3.13. The van der Waals surface area contributed by atoms with Crippen molar-refractivity contribution >= 4 is 23.1 Å². The zero-order valence-corrected chi connectivity index (χ0v) is 15.0. The lowest BCUT2D eigenvalue weighted by atomic mass is 10.2. The molecule has 4 rings (SSSR count). The minimum absolute atomic E-state index is 0.569. The van der Waals surface area contributed by atoms with Gasteiger partial charge in [-0.25, -0.2) is 9.97 Å². The van der Waals surface area contributed by atoms with Crippen LogP contribution in [0.2, 0.25) is 0 Å². The lowest BCUT2D eigenvalue weighted by Crippen LogP contribution is -2.02. The molecule has 136 valence electrons. The Hall–Kier alpha value is -4.18. The van der Waals surface area contributed by atoms with E-state index in [4.69, 9.17) is 9.78 Å². The van der Waals surface area contributed by atoms with Crippen molar-refractivity contribution in [3.63, 3.8) is 0 Å². The van der Waals surface area contributed by atoms with Gasteiger partial charge in [0.25, 0.3) is 0 Å². The number of aromatic nitrogens is 3. The predicted octanol–water partition coefficient (Wildman–Crippen LogP) is 4.80. The van der Waals surface area contributed by atoms with E-state index in [-0.39, 0.29) is 0 Å². The molecule has 0 bridgehead atoms. The second-order valence-corrected chi connectivity index (χ2v) is 6.09. The molecule has 0 atom stereocenters. The molecule has 2 N–H and O–H groups in total. The first-order valence-corrected chi connectivity index (χ1v) is 8.62. The largest absolute Gasteiger partial charge is 0.360 e. The highest BCUT2D eigenvalue weighted by Gasteiger charge is 2.09. The number of aryl methyl sites for hydroxylation is 1. The van der Waals surface area contributed by atoms with E-state index in [1.165, 1.54) is 0 Å². The van der Waals surface area contributed by atoms with E-state index in [9.17, 15) is 0 Å². The van der Waals surface area contributed by atoms with Crippen LogP contribution in [0.1, 0.15) is 11.3 Å². The molecular formula is C21H16N6O. The fraction of sp³-hybridized carbons (Fsp3) is 0.0476. The van der Waals surface area contributed by atoms with Crippen LogP contribution < -0.4 is 10.6 Å². The average molecular weight is 368 g/mol. The number of hydrogen-bond donors (Lipinski definition) is 2. The van der Waals surface area contributed by atoms with Gasteiger partial charge in [0.2, 0.25) is 0 Å². The van der Waals surface area contributed by atoms with Gasteiger partial charge in [-0.1, -0.05) is 35.5 Å². The van der Waals surface area contributed by atoms with Crippen molar-refractivity contribution in [2.45, 2.75) is 6.92 Å². The molecule has 0 aliphatic rings. The molecule has 0 fully saturated rings. The maximum absolute atomic E-state index is 8.95. The molecule has 4 aromatic rings. The number of anilines is 4. The number of nitriles is 1. The first kappa shape index (κ1) is 17.2. The molecule has 0 saturated heterocycles. The monoisotopic (exact) mass is 368 g/mol. The molecule has 0 aliphatic heterocycles. The summed E-state index contributed by atoms with van der Waals surface area (Å²) in [7, 11) is 0. The summed E-state index contributed by atoms with van der Waals surface area (Å²) in [4.78, 5) is 9.21. The van der Waals surface area contributed by atoms with Gasteiger partial charge in [0, 0.05) is 23.4 Å². The number of nitrogens with zero attached hydrogens (tertiary/aromatic N) is 4. The fourth-order valence-corrected chi connectivity index (χ4v) is 2.62. The molecule has 0 unspecified atom stereocenters. The van der Waals surface area contributed by atoms with Crippen LogP contribution in [0.15, 0.2) is 71.3 Å². The summed E-state index contributed by atoms with van der Waals surface area (Å²) in [5.41, 5.74) is 2.31. The van der Waals surface area contributed by atoms with Gasteiger partial charge in [-0.15, -0.1) is 0 Å². The Labute approximate surface area is 161 Å². The number of nitrogens with one attached hydrogen (secondary N) is 2. The SMILES string of the molecule is Cc1cc(Nc2cc(Nc3ccc(C#N)cc3)nc(-c3ccccc3)n2)no1. The summed E-state index contributed by atoms with van der Waals surface area (Å²) in [5, 5.41) is 19.3.